The van der Waals surface area contributed by atoms with Gasteiger partial charge in [0.1, 0.15) is 17.3 Å². The molecule has 1 aliphatic heterocycles. The maximum absolute atomic E-state index is 12.8. The Bertz CT molecular complexity index is 965. The molecule has 0 radical (unpaired) electrons. The topological polar surface area (TPSA) is 194 Å². The highest BCUT2D eigenvalue weighted by atomic mass is 32.1. The smallest absolute Gasteiger partial charge is 0.413 e. The Morgan fingerprint density at radius 3 is 2.62 bits per heavy atom. The number of β-lactam (4-membered cyclic amide) rings is 1. The summed E-state index contributed by atoms with van der Waals surface area (Å²) in [5.74, 6) is -2.42. The van der Waals surface area contributed by atoms with E-state index in [4.69, 9.17) is 15.3 Å². The van der Waals surface area contributed by atoms with Crippen LogP contribution in [0.5, 0.6) is 0 Å². The van der Waals surface area contributed by atoms with E-state index in [0.29, 0.717) is 0 Å². The van der Waals surface area contributed by atoms with Crippen LogP contribution in [0.25, 0.3) is 0 Å². The quantitative estimate of drug-likeness (QED) is 0.194. The summed E-state index contributed by atoms with van der Waals surface area (Å²) in [5.41, 5.74) is 3.01. The standard InChI is InChI=1S/C18H24N6O7S/c1-17(2,3)30-16(29)23-15-21-9(7-32-15)11(24-31-18(4-5-18)14(27)28)13(26)22-10-8(6-19)20-12(10)25/h7-8,10H,4-6,19H2,1-3H3,(H,20,25)(H,22,26)(H,27,28)(H,21,23,29)/t8-,10-/m0/s1. The fourth-order valence-electron chi connectivity index (χ4n) is 2.64. The number of rotatable bonds is 8. The Labute approximate surface area is 186 Å². The zero-order valence-corrected chi connectivity index (χ0v) is 18.4. The number of oxime groups is 1. The average molecular weight is 468 g/mol. The SMILES string of the molecule is CC(C)(C)OC(=O)Nc1nc(C(=NOC2(C(=O)O)CC2)C(=O)N[C@@H]2C(=O)N[C@H]2CN)cs1. The lowest BCUT2D eigenvalue weighted by Gasteiger charge is -2.36. The van der Waals surface area contributed by atoms with E-state index < -0.39 is 47.2 Å². The van der Waals surface area contributed by atoms with Crippen molar-refractivity contribution in [3.63, 3.8) is 0 Å². The molecule has 13 nitrogen and oxygen atoms in total. The van der Waals surface area contributed by atoms with Crippen molar-refractivity contribution in [3.8, 4) is 0 Å². The van der Waals surface area contributed by atoms with Gasteiger partial charge in [0.05, 0.1) is 6.04 Å². The second-order valence-electron chi connectivity index (χ2n) is 8.30. The first-order valence-electron chi connectivity index (χ1n) is 9.71. The van der Waals surface area contributed by atoms with Gasteiger partial charge in [0, 0.05) is 24.8 Å². The lowest BCUT2D eigenvalue weighted by molar-refractivity contribution is -0.153. The van der Waals surface area contributed by atoms with Gasteiger partial charge in [-0.15, -0.1) is 11.3 Å². The third-order valence-electron chi connectivity index (χ3n) is 4.53. The van der Waals surface area contributed by atoms with Crippen molar-refractivity contribution in [1.82, 2.24) is 15.6 Å². The number of carboxylic acid groups (broad SMARTS) is 1. The predicted octanol–water partition coefficient (Wildman–Crippen LogP) is -0.230. The highest BCUT2D eigenvalue weighted by Gasteiger charge is 2.54. The molecular formula is C18H24N6O7S. The minimum Gasteiger partial charge on any atom is -0.478 e. The lowest BCUT2D eigenvalue weighted by atomic mass is 9.99. The van der Waals surface area contributed by atoms with Crippen LogP contribution >= 0.6 is 11.3 Å². The molecule has 2 aliphatic rings. The number of hydrogen-bond donors (Lipinski definition) is 5. The van der Waals surface area contributed by atoms with E-state index in [2.05, 4.69) is 26.1 Å². The third kappa shape index (κ3) is 5.31. The number of hydrogen-bond acceptors (Lipinski definition) is 10. The molecule has 1 saturated heterocycles. The van der Waals surface area contributed by atoms with E-state index in [1.807, 2.05) is 0 Å². The van der Waals surface area contributed by atoms with Crippen molar-refractivity contribution in [3.05, 3.63) is 11.1 Å². The summed E-state index contributed by atoms with van der Waals surface area (Å²) < 4.78 is 5.16. The number of thiazole rings is 1. The molecule has 1 aromatic heterocycles. The summed E-state index contributed by atoms with van der Waals surface area (Å²) >= 11 is 0.994. The number of ether oxygens (including phenoxy) is 1. The Hall–Kier alpha value is -3.26. The molecule has 3 amide bonds. The van der Waals surface area contributed by atoms with Crippen molar-refractivity contribution in [2.75, 3.05) is 11.9 Å². The second-order valence-corrected chi connectivity index (χ2v) is 9.16. The van der Waals surface area contributed by atoms with Crippen molar-refractivity contribution >= 4 is 46.1 Å². The largest absolute Gasteiger partial charge is 0.478 e. The first-order valence-corrected chi connectivity index (χ1v) is 10.6. The van der Waals surface area contributed by atoms with Gasteiger partial charge in [-0.2, -0.15) is 0 Å². The molecule has 2 heterocycles. The van der Waals surface area contributed by atoms with E-state index in [1.165, 1.54) is 5.38 Å². The van der Waals surface area contributed by atoms with Gasteiger partial charge < -0.3 is 31.0 Å². The van der Waals surface area contributed by atoms with E-state index in [-0.39, 0.29) is 35.9 Å². The summed E-state index contributed by atoms with van der Waals surface area (Å²) in [6.45, 7) is 5.22. The van der Waals surface area contributed by atoms with E-state index in [1.54, 1.807) is 20.8 Å². The molecule has 1 aromatic rings. The van der Waals surface area contributed by atoms with Gasteiger partial charge in [-0.1, -0.05) is 5.16 Å². The fraction of sp³-hybridized carbons (Fsp3) is 0.556. The molecule has 32 heavy (non-hydrogen) atoms. The van der Waals surface area contributed by atoms with Crippen LogP contribution in [0.1, 0.15) is 39.3 Å². The van der Waals surface area contributed by atoms with Gasteiger partial charge in [0.2, 0.25) is 11.5 Å². The van der Waals surface area contributed by atoms with Crippen molar-refractivity contribution in [1.29, 1.82) is 0 Å². The van der Waals surface area contributed by atoms with Crippen molar-refractivity contribution in [2.24, 2.45) is 10.9 Å². The number of aromatic nitrogens is 1. The molecule has 0 aromatic carbocycles. The Morgan fingerprint density at radius 1 is 1.41 bits per heavy atom. The molecule has 1 aliphatic carbocycles. The Kier molecular flexibility index (Phi) is 6.37. The molecule has 2 fully saturated rings. The number of anilines is 1. The number of carbonyl (C=O) groups excluding carboxylic acids is 3. The summed E-state index contributed by atoms with van der Waals surface area (Å²) in [6, 6.07) is -1.31. The molecule has 1 saturated carbocycles. The fourth-order valence-corrected chi connectivity index (χ4v) is 3.32. The van der Waals surface area contributed by atoms with Gasteiger partial charge in [0.25, 0.3) is 5.91 Å². The number of nitrogens with one attached hydrogen (secondary N) is 3. The average Bonchev–Trinajstić information content (AvgIpc) is 3.35. The van der Waals surface area contributed by atoms with Gasteiger partial charge in [-0.3, -0.25) is 14.9 Å². The molecule has 0 unspecified atom stereocenters. The first-order chi connectivity index (χ1) is 14.9. The number of nitrogens with zero attached hydrogens (tertiary/aromatic N) is 2. The number of aliphatic carboxylic acids is 1. The second kappa shape index (κ2) is 8.70. The summed E-state index contributed by atoms with van der Waals surface area (Å²) in [4.78, 5) is 57.2. The van der Waals surface area contributed by atoms with Crippen LogP contribution in [0.3, 0.4) is 0 Å². The molecule has 14 heteroatoms. The van der Waals surface area contributed by atoms with Gasteiger partial charge in [-0.25, -0.2) is 14.6 Å². The normalized spacial score (nSPS) is 21.6. The minimum atomic E-state index is -1.49. The number of carbonyl (C=O) groups is 4. The van der Waals surface area contributed by atoms with Crippen molar-refractivity contribution < 1.29 is 33.9 Å². The zero-order valence-electron chi connectivity index (χ0n) is 17.6. The predicted molar refractivity (Wildman–Crippen MR) is 112 cm³/mol. The van der Waals surface area contributed by atoms with Crippen LogP contribution in [0.2, 0.25) is 0 Å². The van der Waals surface area contributed by atoms with Crippen LogP contribution in [0, 0.1) is 0 Å². The van der Waals surface area contributed by atoms with E-state index in [0.717, 1.165) is 11.3 Å². The maximum atomic E-state index is 12.8. The van der Waals surface area contributed by atoms with Crippen LogP contribution in [-0.4, -0.2) is 69.5 Å². The van der Waals surface area contributed by atoms with Crippen molar-refractivity contribution in [2.45, 2.75) is 56.9 Å². The number of carboxylic acids is 1. The van der Waals surface area contributed by atoms with E-state index >= 15 is 0 Å². The van der Waals surface area contributed by atoms with Gasteiger partial charge >= 0.3 is 12.1 Å². The first kappa shape index (κ1) is 23.4. The summed E-state index contributed by atoms with van der Waals surface area (Å²) in [6.07, 6.45) is -0.259. The minimum absolute atomic E-state index is 0.0174. The molecule has 6 N–H and O–H groups in total. The number of nitrogens with two attached hydrogens (primary N) is 1. The molecule has 2 atom stereocenters. The summed E-state index contributed by atoms with van der Waals surface area (Å²) in [5, 5.41) is 22.1. The third-order valence-corrected chi connectivity index (χ3v) is 5.29. The monoisotopic (exact) mass is 468 g/mol. The highest BCUT2D eigenvalue weighted by molar-refractivity contribution is 7.14. The zero-order chi connectivity index (χ0) is 23.7. The molecule has 3 rings (SSSR count). The summed E-state index contributed by atoms with van der Waals surface area (Å²) in [7, 11) is 0. The van der Waals surface area contributed by atoms with Crippen LogP contribution in [-0.2, 0) is 24.0 Å². The van der Waals surface area contributed by atoms with Gasteiger partial charge in [-0.05, 0) is 20.8 Å². The Morgan fingerprint density at radius 2 is 2.09 bits per heavy atom. The van der Waals surface area contributed by atoms with Gasteiger partial charge in [0.15, 0.2) is 10.8 Å². The maximum Gasteiger partial charge on any atom is 0.413 e. The number of amides is 3. The highest BCUT2D eigenvalue weighted by Crippen LogP contribution is 2.40. The molecule has 0 bridgehead atoms. The molecular weight excluding hydrogens is 444 g/mol. The Balaban J connectivity index is 1.79. The van der Waals surface area contributed by atoms with Crippen LogP contribution < -0.4 is 21.7 Å². The van der Waals surface area contributed by atoms with E-state index in [9.17, 15) is 24.3 Å². The van der Waals surface area contributed by atoms with Crippen LogP contribution in [0.4, 0.5) is 9.93 Å². The molecule has 0 spiro atoms. The molecule has 174 valence electrons. The lowest BCUT2D eigenvalue weighted by Crippen LogP contribution is -2.71. The van der Waals surface area contributed by atoms with Crippen LogP contribution in [0.15, 0.2) is 10.5 Å².